The molecule has 2 aliphatic heterocycles. The highest BCUT2D eigenvalue weighted by molar-refractivity contribution is 7.99. The van der Waals surface area contributed by atoms with Crippen LogP contribution in [0.5, 0.6) is 0 Å². The number of nitrogens with zero attached hydrogens (tertiary/aromatic N) is 4. The molecule has 1 fully saturated rings. The first-order valence-corrected chi connectivity index (χ1v) is 10.2. The standard InChI is InChI=1S/C21H24N4O2S/c1-15(26)25-18-5-3-4-6-20(18)28-21-8-7-16(13-19(21)25)17(22-27)14-24-11-9-23(2)10-12-24/h3-8,13,27H,9-12,14H2,1-2H3/b22-17+. The molecule has 0 aromatic heterocycles. The molecule has 0 unspecified atom stereocenters. The number of carbonyl (C=O) groups is 1. The molecule has 1 saturated heterocycles. The molecule has 0 saturated carbocycles. The summed E-state index contributed by atoms with van der Waals surface area (Å²) in [5.41, 5.74) is 3.20. The highest BCUT2D eigenvalue weighted by atomic mass is 32.2. The van der Waals surface area contributed by atoms with Crippen LogP contribution in [0.3, 0.4) is 0 Å². The van der Waals surface area contributed by atoms with Crippen molar-refractivity contribution < 1.29 is 10.0 Å². The number of amides is 1. The molecule has 0 bridgehead atoms. The average Bonchev–Trinajstić information content (AvgIpc) is 2.71. The van der Waals surface area contributed by atoms with Gasteiger partial charge in [-0.15, -0.1) is 0 Å². The molecule has 0 radical (unpaired) electrons. The first-order valence-electron chi connectivity index (χ1n) is 9.40. The number of rotatable bonds is 3. The number of oxime groups is 1. The third-order valence-corrected chi connectivity index (χ3v) is 6.39. The predicted octanol–water partition coefficient (Wildman–Crippen LogP) is 3.26. The Bertz CT molecular complexity index is 922. The van der Waals surface area contributed by atoms with Gasteiger partial charge in [0.2, 0.25) is 5.91 Å². The summed E-state index contributed by atoms with van der Waals surface area (Å²) in [7, 11) is 2.12. The summed E-state index contributed by atoms with van der Waals surface area (Å²) < 4.78 is 0. The quantitative estimate of drug-likeness (QED) is 0.490. The van der Waals surface area contributed by atoms with Gasteiger partial charge in [0.05, 0.1) is 11.4 Å². The van der Waals surface area contributed by atoms with E-state index in [1.807, 2.05) is 42.5 Å². The maximum atomic E-state index is 12.4. The summed E-state index contributed by atoms with van der Waals surface area (Å²) in [6.07, 6.45) is 0. The normalized spacial score (nSPS) is 17.9. The van der Waals surface area contributed by atoms with Crippen molar-refractivity contribution in [3.8, 4) is 0 Å². The zero-order chi connectivity index (χ0) is 19.7. The van der Waals surface area contributed by atoms with Crippen molar-refractivity contribution >= 4 is 34.8 Å². The van der Waals surface area contributed by atoms with Crippen LogP contribution in [0.2, 0.25) is 0 Å². The van der Waals surface area contributed by atoms with Crippen LogP contribution in [0.1, 0.15) is 12.5 Å². The zero-order valence-corrected chi connectivity index (χ0v) is 16.9. The van der Waals surface area contributed by atoms with Crippen LogP contribution in [0.25, 0.3) is 0 Å². The summed E-state index contributed by atoms with van der Waals surface area (Å²) >= 11 is 1.66. The number of benzene rings is 2. The Labute approximate surface area is 169 Å². The Morgan fingerprint density at radius 2 is 1.79 bits per heavy atom. The van der Waals surface area contributed by atoms with Crippen molar-refractivity contribution in [1.82, 2.24) is 9.80 Å². The lowest BCUT2D eigenvalue weighted by molar-refractivity contribution is -0.115. The van der Waals surface area contributed by atoms with Crippen molar-refractivity contribution in [2.45, 2.75) is 16.7 Å². The van der Waals surface area contributed by atoms with E-state index in [2.05, 4.69) is 22.0 Å². The fourth-order valence-corrected chi connectivity index (χ4v) is 4.71. The van der Waals surface area contributed by atoms with Crippen molar-refractivity contribution in [3.05, 3.63) is 48.0 Å². The van der Waals surface area contributed by atoms with Crippen LogP contribution in [-0.4, -0.2) is 66.4 Å². The molecule has 0 atom stereocenters. The van der Waals surface area contributed by atoms with Crippen molar-refractivity contribution in [2.24, 2.45) is 5.16 Å². The van der Waals surface area contributed by atoms with Gasteiger partial charge in [0.15, 0.2) is 0 Å². The largest absolute Gasteiger partial charge is 0.411 e. The van der Waals surface area contributed by atoms with E-state index in [4.69, 9.17) is 0 Å². The first kappa shape index (κ1) is 19.0. The average molecular weight is 397 g/mol. The molecule has 146 valence electrons. The molecule has 1 N–H and O–H groups in total. The molecule has 2 heterocycles. The summed E-state index contributed by atoms with van der Waals surface area (Å²) in [6, 6.07) is 13.9. The monoisotopic (exact) mass is 396 g/mol. The molecular formula is C21H24N4O2S. The van der Waals surface area contributed by atoms with Gasteiger partial charge in [-0.3, -0.25) is 14.6 Å². The summed E-state index contributed by atoms with van der Waals surface area (Å²) in [6.45, 7) is 6.08. The lowest BCUT2D eigenvalue weighted by Gasteiger charge is -2.33. The molecule has 1 amide bonds. The van der Waals surface area contributed by atoms with Crippen molar-refractivity contribution in [3.63, 3.8) is 0 Å². The van der Waals surface area contributed by atoms with E-state index < -0.39 is 0 Å². The van der Waals surface area contributed by atoms with Gasteiger partial charge in [0, 0.05) is 55.0 Å². The molecule has 0 spiro atoms. The van der Waals surface area contributed by atoms with Crippen molar-refractivity contribution in [2.75, 3.05) is 44.7 Å². The fourth-order valence-electron chi connectivity index (χ4n) is 3.67. The van der Waals surface area contributed by atoms with Crippen LogP contribution < -0.4 is 4.90 Å². The number of hydrogen-bond donors (Lipinski definition) is 1. The first-order chi connectivity index (χ1) is 13.6. The second kappa shape index (κ2) is 7.95. The lowest BCUT2D eigenvalue weighted by Crippen LogP contribution is -2.46. The van der Waals surface area contributed by atoms with Gasteiger partial charge in [-0.05, 0) is 31.3 Å². The van der Waals surface area contributed by atoms with E-state index in [9.17, 15) is 10.0 Å². The molecule has 4 rings (SSSR count). The maximum absolute atomic E-state index is 12.4. The second-order valence-electron chi connectivity index (χ2n) is 7.23. The van der Waals surface area contributed by atoms with Gasteiger partial charge in [0.25, 0.3) is 0 Å². The minimum absolute atomic E-state index is 0.0345. The minimum Gasteiger partial charge on any atom is -0.411 e. The summed E-state index contributed by atoms with van der Waals surface area (Å²) in [5, 5.41) is 13.2. The van der Waals surface area contributed by atoms with E-state index in [1.165, 1.54) is 0 Å². The van der Waals surface area contributed by atoms with E-state index in [0.717, 1.165) is 52.9 Å². The summed E-state index contributed by atoms with van der Waals surface area (Å²) in [5.74, 6) is -0.0345. The Hall–Kier alpha value is -2.35. The Balaban J connectivity index is 1.65. The summed E-state index contributed by atoms with van der Waals surface area (Å²) in [4.78, 5) is 20.9. The topological polar surface area (TPSA) is 59.4 Å². The number of fused-ring (bicyclic) bond motifs is 2. The van der Waals surface area contributed by atoms with Crippen LogP contribution in [0.4, 0.5) is 11.4 Å². The Kier molecular flexibility index (Phi) is 5.39. The number of carbonyl (C=O) groups excluding carboxylic acids is 1. The van der Waals surface area contributed by atoms with Crippen molar-refractivity contribution in [1.29, 1.82) is 0 Å². The van der Waals surface area contributed by atoms with Crippen LogP contribution in [-0.2, 0) is 4.79 Å². The molecule has 7 heteroatoms. The SMILES string of the molecule is CC(=O)N1c2ccccc2Sc2ccc(/C(CN3CCN(C)CC3)=N/O)cc21. The van der Waals surface area contributed by atoms with Gasteiger partial charge in [0.1, 0.15) is 5.71 Å². The highest BCUT2D eigenvalue weighted by Gasteiger charge is 2.27. The third kappa shape index (κ3) is 3.65. The van der Waals surface area contributed by atoms with E-state index >= 15 is 0 Å². The van der Waals surface area contributed by atoms with Crippen LogP contribution >= 0.6 is 11.8 Å². The van der Waals surface area contributed by atoms with E-state index in [-0.39, 0.29) is 5.91 Å². The molecule has 2 aliphatic rings. The van der Waals surface area contributed by atoms with E-state index in [0.29, 0.717) is 12.3 Å². The number of para-hydroxylation sites is 1. The number of piperazine rings is 1. The Morgan fingerprint density at radius 1 is 1.07 bits per heavy atom. The van der Waals surface area contributed by atoms with Gasteiger partial charge >= 0.3 is 0 Å². The molecular weight excluding hydrogens is 372 g/mol. The molecule has 6 nitrogen and oxygen atoms in total. The molecule has 0 aliphatic carbocycles. The van der Waals surface area contributed by atoms with Crippen LogP contribution in [0, 0.1) is 0 Å². The predicted molar refractivity (Wildman–Crippen MR) is 112 cm³/mol. The minimum atomic E-state index is -0.0345. The number of likely N-dealkylation sites (N-methyl/N-ethyl adjacent to an activating group) is 1. The molecule has 2 aromatic carbocycles. The number of hydrogen-bond acceptors (Lipinski definition) is 6. The van der Waals surface area contributed by atoms with Gasteiger partial charge in [-0.1, -0.05) is 35.1 Å². The van der Waals surface area contributed by atoms with Gasteiger partial charge in [-0.25, -0.2) is 0 Å². The fraction of sp³-hybridized carbons (Fsp3) is 0.333. The highest BCUT2D eigenvalue weighted by Crippen LogP contribution is 2.48. The maximum Gasteiger partial charge on any atom is 0.228 e. The third-order valence-electron chi connectivity index (χ3n) is 5.26. The second-order valence-corrected chi connectivity index (χ2v) is 8.32. The van der Waals surface area contributed by atoms with Crippen LogP contribution in [0.15, 0.2) is 57.4 Å². The molecule has 28 heavy (non-hydrogen) atoms. The van der Waals surface area contributed by atoms with Gasteiger partial charge < -0.3 is 10.1 Å². The number of anilines is 2. The van der Waals surface area contributed by atoms with Gasteiger partial charge in [-0.2, -0.15) is 0 Å². The lowest BCUT2D eigenvalue weighted by atomic mass is 10.1. The van der Waals surface area contributed by atoms with E-state index in [1.54, 1.807) is 23.6 Å². The Morgan fingerprint density at radius 3 is 2.50 bits per heavy atom. The smallest absolute Gasteiger partial charge is 0.228 e. The molecule has 2 aromatic rings. The zero-order valence-electron chi connectivity index (χ0n) is 16.1.